The SMILES string of the molecule is C/C=N\C(F)=C(C)C. The van der Waals surface area contributed by atoms with Gasteiger partial charge in [0, 0.05) is 6.21 Å². The molecule has 0 aromatic carbocycles. The van der Waals surface area contributed by atoms with Crippen LogP contribution in [0.3, 0.4) is 0 Å². The molecule has 0 spiro atoms. The lowest BCUT2D eigenvalue weighted by Gasteiger charge is -1.86. The topological polar surface area (TPSA) is 12.4 Å². The number of nitrogens with zero attached hydrogens (tertiary/aromatic N) is 1. The summed E-state index contributed by atoms with van der Waals surface area (Å²) in [4.78, 5) is 3.41. The fourth-order valence-corrected chi connectivity index (χ4v) is 0.242. The normalized spacial score (nSPS) is 10.0. The molecule has 0 radical (unpaired) electrons. The fraction of sp³-hybridized carbons (Fsp3) is 0.500. The van der Waals surface area contributed by atoms with E-state index in [0.717, 1.165) is 0 Å². The third kappa shape index (κ3) is 2.50. The number of aliphatic imine (C=N–C) groups is 1. The average molecular weight is 115 g/mol. The molecule has 0 aliphatic rings. The van der Waals surface area contributed by atoms with Crippen molar-refractivity contribution >= 4 is 6.21 Å². The maximum atomic E-state index is 12.2. The Bertz CT molecular complexity index is 120. The number of hydrogen-bond acceptors (Lipinski definition) is 1. The monoisotopic (exact) mass is 115 g/mol. The van der Waals surface area contributed by atoms with Gasteiger partial charge in [0.15, 0.2) is 0 Å². The Labute approximate surface area is 48.9 Å². The third-order valence-corrected chi connectivity index (χ3v) is 0.655. The summed E-state index contributed by atoms with van der Waals surface area (Å²) in [6, 6.07) is 0. The molecule has 0 fully saturated rings. The van der Waals surface area contributed by atoms with Gasteiger partial charge in [-0.1, -0.05) is 0 Å². The fourth-order valence-electron chi connectivity index (χ4n) is 0.242. The first kappa shape index (κ1) is 7.34. The van der Waals surface area contributed by atoms with Crippen LogP contribution in [0.1, 0.15) is 20.8 Å². The van der Waals surface area contributed by atoms with E-state index in [-0.39, 0.29) is 5.95 Å². The van der Waals surface area contributed by atoms with Crippen molar-refractivity contribution in [1.29, 1.82) is 0 Å². The standard InChI is InChI=1S/C6H10FN/c1-4-8-6(7)5(2)3/h4H,1-3H3/b8-4-. The molecule has 1 nitrogen and oxygen atoms in total. The van der Waals surface area contributed by atoms with Gasteiger partial charge in [-0.25, -0.2) is 4.99 Å². The zero-order valence-corrected chi connectivity index (χ0v) is 5.40. The molecule has 0 aromatic heterocycles. The summed E-state index contributed by atoms with van der Waals surface area (Å²) in [5, 5.41) is 0. The van der Waals surface area contributed by atoms with Gasteiger partial charge in [-0.3, -0.25) is 0 Å². The molecule has 0 saturated heterocycles. The van der Waals surface area contributed by atoms with Gasteiger partial charge in [0.05, 0.1) is 0 Å². The van der Waals surface area contributed by atoms with Crippen LogP contribution in [0.25, 0.3) is 0 Å². The van der Waals surface area contributed by atoms with Crippen LogP contribution in [0, 0.1) is 0 Å². The molecular weight excluding hydrogens is 105 g/mol. The van der Waals surface area contributed by atoms with Crippen LogP contribution < -0.4 is 0 Å². The summed E-state index contributed by atoms with van der Waals surface area (Å²) < 4.78 is 12.2. The summed E-state index contributed by atoms with van der Waals surface area (Å²) in [6.07, 6.45) is 1.43. The third-order valence-electron chi connectivity index (χ3n) is 0.655. The zero-order valence-electron chi connectivity index (χ0n) is 5.40. The van der Waals surface area contributed by atoms with Gasteiger partial charge in [0.25, 0.3) is 0 Å². The highest BCUT2D eigenvalue weighted by atomic mass is 19.1. The van der Waals surface area contributed by atoms with E-state index in [1.54, 1.807) is 20.8 Å². The van der Waals surface area contributed by atoms with Gasteiger partial charge in [-0.15, -0.1) is 0 Å². The Kier molecular flexibility index (Phi) is 3.08. The second-order valence-electron chi connectivity index (χ2n) is 1.68. The van der Waals surface area contributed by atoms with Crippen molar-refractivity contribution in [3.8, 4) is 0 Å². The molecule has 0 atom stereocenters. The molecule has 0 bridgehead atoms. The minimum absolute atomic E-state index is 0.382. The van der Waals surface area contributed by atoms with E-state index in [1.807, 2.05) is 0 Å². The summed E-state index contributed by atoms with van der Waals surface area (Å²) in [7, 11) is 0. The molecule has 0 heterocycles. The van der Waals surface area contributed by atoms with E-state index in [9.17, 15) is 4.39 Å². The first-order chi connectivity index (χ1) is 3.68. The summed E-state index contributed by atoms with van der Waals surface area (Å²) >= 11 is 0. The molecule has 8 heavy (non-hydrogen) atoms. The lowest BCUT2D eigenvalue weighted by molar-refractivity contribution is 0.616. The van der Waals surface area contributed by atoms with Crippen LogP contribution >= 0.6 is 0 Å². The molecule has 0 N–H and O–H groups in total. The van der Waals surface area contributed by atoms with Gasteiger partial charge in [-0.2, -0.15) is 4.39 Å². The second-order valence-corrected chi connectivity index (χ2v) is 1.68. The van der Waals surface area contributed by atoms with E-state index >= 15 is 0 Å². The summed E-state index contributed by atoms with van der Waals surface area (Å²) in [6.45, 7) is 5.05. The Morgan fingerprint density at radius 1 is 1.50 bits per heavy atom. The first-order valence-electron chi connectivity index (χ1n) is 2.50. The largest absolute Gasteiger partial charge is 0.233 e. The van der Waals surface area contributed by atoms with Crippen molar-refractivity contribution in [1.82, 2.24) is 0 Å². The van der Waals surface area contributed by atoms with E-state index in [4.69, 9.17) is 0 Å². The Hall–Kier alpha value is -0.660. The minimum Gasteiger partial charge on any atom is -0.233 e. The highest BCUT2D eigenvalue weighted by molar-refractivity contribution is 5.54. The highest BCUT2D eigenvalue weighted by Crippen LogP contribution is 2.03. The van der Waals surface area contributed by atoms with Crippen LogP contribution in [0.4, 0.5) is 4.39 Å². The second kappa shape index (κ2) is 3.36. The van der Waals surface area contributed by atoms with E-state index in [1.165, 1.54) is 6.21 Å². The smallest absolute Gasteiger partial charge is 0.211 e. The van der Waals surface area contributed by atoms with Crippen molar-refractivity contribution in [2.45, 2.75) is 20.8 Å². The Morgan fingerprint density at radius 2 is 2.00 bits per heavy atom. The number of hydrogen-bond donors (Lipinski definition) is 0. The maximum Gasteiger partial charge on any atom is 0.211 e. The van der Waals surface area contributed by atoms with Crippen LogP contribution in [0.5, 0.6) is 0 Å². The molecule has 0 saturated carbocycles. The number of allylic oxidation sites excluding steroid dienone is 1. The molecule has 0 rings (SSSR count). The van der Waals surface area contributed by atoms with Crippen LogP contribution in [-0.4, -0.2) is 6.21 Å². The molecule has 46 valence electrons. The summed E-state index contributed by atoms with van der Waals surface area (Å²) in [5.41, 5.74) is 0.614. The lowest BCUT2D eigenvalue weighted by Crippen LogP contribution is -1.71. The Morgan fingerprint density at radius 3 is 2.12 bits per heavy atom. The number of rotatable bonds is 1. The van der Waals surface area contributed by atoms with Gasteiger partial charge in [-0.05, 0) is 26.3 Å². The lowest BCUT2D eigenvalue weighted by atomic mass is 10.4. The minimum atomic E-state index is -0.382. The van der Waals surface area contributed by atoms with E-state index in [2.05, 4.69) is 4.99 Å². The molecule has 0 amide bonds. The van der Waals surface area contributed by atoms with Crippen molar-refractivity contribution in [3.05, 3.63) is 11.5 Å². The Balaban J connectivity index is 4.00. The highest BCUT2D eigenvalue weighted by Gasteiger charge is 1.87. The molecule has 2 heteroatoms. The number of halogens is 1. The van der Waals surface area contributed by atoms with Crippen LogP contribution in [0.2, 0.25) is 0 Å². The molecule has 0 aliphatic heterocycles. The van der Waals surface area contributed by atoms with Crippen molar-refractivity contribution in [2.75, 3.05) is 0 Å². The van der Waals surface area contributed by atoms with E-state index < -0.39 is 0 Å². The maximum absolute atomic E-state index is 12.2. The van der Waals surface area contributed by atoms with Crippen LogP contribution in [-0.2, 0) is 0 Å². The van der Waals surface area contributed by atoms with Crippen molar-refractivity contribution in [3.63, 3.8) is 0 Å². The van der Waals surface area contributed by atoms with E-state index in [0.29, 0.717) is 5.57 Å². The van der Waals surface area contributed by atoms with Crippen molar-refractivity contribution < 1.29 is 4.39 Å². The predicted octanol–water partition coefficient (Wildman–Crippen LogP) is 2.30. The predicted molar refractivity (Wildman–Crippen MR) is 33.6 cm³/mol. The van der Waals surface area contributed by atoms with Crippen molar-refractivity contribution in [2.24, 2.45) is 4.99 Å². The molecule has 0 aliphatic carbocycles. The first-order valence-corrected chi connectivity index (χ1v) is 2.50. The quantitative estimate of drug-likeness (QED) is 0.367. The molecule has 0 aromatic rings. The molecule has 0 unspecified atom stereocenters. The van der Waals surface area contributed by atoms with Gasteiger partial charge >= 0.3 is 0 Å². The van der Waals surface area contributed by atoms with Gasteiger partial charge < -0.3 is 0 Å². The van der Waals surface area contributed by atoms with Gasteiger partial charge in [0.1, 0.15) is 0 Å². The van der Waals surface area contributed by atoms with Crippen LogP contribution in [0.15, 0.2) is 16.5 Å². The summed E-state index contributed by atoms with van der Waals surface area (Å²) in [5.74, 6) is -0.382. The molecular formula is C6H10FN. The zero-order chi connectivity index (χ0) is 6.57. The van der Waals surface area contributed by atoms with Gasteiger partial charge in [0.2, 0.25) is 5.95 Å². The average Bonchev–Trinajstić information content (AvgIpc) is 1.67.